The average molecular weight is 480 g/mol. The molecule has 35 heavy (non-hydrogen) atoms. The van der Waals surface area contributed by atoms with Crippen LogP contribution in [0.25, 0.3) is 11.3 Å². The predicted octanol–water partition coefficient (Wildman–Crippen LogP) is 3.16. The summed E-state index contributed by atoms with van der Waals surface area (Å²) in [7, 11) is 0.812. The number of H-pyrrole nitrogens is 1. The lowest BCUT2D eigenvalue weighted by atomic mass is 9.79. The van der Waals surface area contributed by atoms with Crippen LogP contribution < -0.4 is 10.8 Å². The fraction of sp³-hybridized carbons (Fsp3) is 0.480. The summed E-state index contributed by atoms with van der Waals surface area (Å²) >= 11 is 0. The molecule has 2 N–H and O–H groups in total. The van der Waals surface area contributed by atoms with Crippen LogP contribution in [0.4, 0.5) is 4.79 Å². The van der Waals surface area contributed by atoms with Gasteiger partial charge in [-0.2, -0.15) is 0 Å². The quantitative estimate of drug-likeness (QED) is 0.616. The Morgan fingerprint density at radius 3 is 2.63 bits per heavy atom. The van der Waals surface area contributed by atoms with Crippen molar-refractivity contribution in [1.82, 2.24) is 20.2 Å². The number of aromatic amines is 1. The van der Waals surface area contributed by atoms with Gasteiger partial charge in [-0.3, -0.25) is 4.79 Å². The van der Waals surface area contributed by atoms with Crippen molar-refractivity contribution >= 4 is 24.6 Å². The lowest BCUT2D eigenvalue weighted by Gasteiger charge is -2.30. The van der Waals surface area contributed by atoms with Gasteiger partial charge in [0.1, 0.15) is 17.5 Å². The third kappa shape index (κ3) is 5.07. The second-order valence-electron chi connectivity index (χ2n) is 9.85. The number of ether oxygens (including phenoxy) is 1. The third-order valence-corrected chi connectivity index (χ3v) is 6.65. The number of rotatable bonds is 6. The number of nitrogens with one attached hydrogen (secondary N) is 2. The van der Waals surface area contributed by atoms with Crippen LogP contribution in [0, 0.1) is 5.92 Å². The summed E-state index contributed by atoms with van der Waals surface area (Å²) in [6, 6.07) is 7.06. The molecule has 1 aromatic carbocycles. The first-order valence-corrected chi connectivity index (χ1v) is 11.9. The van der Waals surface area contributed by atoms with Gasteiger partial charge in [0, 0.05) is 6.54 Å². The van der Waals surface area contributed by atoms with Gasteiger partial charge in [-0.05, 0) is 43.6 Å². The molecule has 9 nitrogen and oxygen atoms in total. The molecular formula is C25H33BN4O5. The number of hydrogen-bond donors (Lipinski definition) is 2. The van der Waals surface area contributed by atoms with Crippen LogP contribution in [0.1, 0.15) is 52.4 Å². The van der Waals surface area contributed by atoms with Crippen molar-refractivity contribution in [2.24, 2.45) is 5.92 Å². The van der Waals surface area contributed by atoms with E-state index < -0.39 is 24.9 Å². The molecule has 2 fully saturated rings. The Balaban J connectivity index is 1.48. The Kier molecular flexibility index (Phi) is 6.94. The van der Waals surface area contributed by atoms with Crippen LogP contribution in [0.2, 0.25) is 0 Å². The zero-order valence-electron chi connectivity index (χ0n) is 21.0. The van der Waals surface area contributed by atoms with Crippen molar-refractivity contribution in [2.75, 3.05) is 13.7 Å². The van der Waals surface area contributed by atoms with Crippen molar-refractivity contribution in [2.45, 2.75) is 58.2 Å². The minimum Gasteiger partial charge on any atom is -0.534 e. The molecule has 0 spiro atoms. The Bertz CT molecular complexity index is 1100. The summed E-state index contributed by atoms with van der Waals surface area (Å²) in [5.41, 5.74) is 2.21. The normalized spacial score (nSPS) is 20.2. The van der Waals surface area contributed by atoms with E-state index in [1.54, 1.807) is 11.1 Å². The highest BCUT2D eigenvalue weighted by Gasteiger charge is 2.42. The maximum atomic E-state index is 13.3. The number of alkyl carbamates (subject to hydrolysis) is 1. The monoisotopic (exact) mass is 480 g/mol. The van der Waals surface area contributed by atoms with E-state index in [-0.39, 0.29) is 17.9 Å². The van der Waals surface area contributed by atoms with Gasteiger partial charge in [0.05, 0.1) is 30.8 Å². The molecular weight excluding hydrogens is 447 g/mol. The van der Waals surface area contributed by atoms with E-state index in [1.807, 2.05) is 52.0 Å². The molecule has 2 aliphatic rings. The van der Waals surface area contributed by atoms with Crippen molar-refractivity contribution in [1.29, 1.82) is 0 Å². The fourth-order valence-electron chi connectivity index (χ4n) is 4.43. The van der Waals surface area contributed by atoms with Crippen molar-refractivity contribution in [3.63, 3.8) is 0 Å². The summed E-state index contributed by atoms with van der Waals surface area (Å²) in [5.74, 6) is 1.14. The molecule has 0 unspecified atom stereocenters. The molecule has 2 atom stereocenters. The van der Waals surface area contributed by atoms with Crippen LogP contribution in [-0.2, 0) is 18.8 Å². The summed E-state index contributed by atoms with van der Waals surface area (Å²) in [6.07, 6.45) is 2.84. The molecule has 0 radical (unpaired) electrons. The lowest BCUT2D eigenvalue weighted by Crippen LogP contribution is -2.51. The molecule has 10 heteroatoms. The summed E-state index contributed by atoms with van der Waals surface area (Å²) in [6.45, 7) is 12.2. The van der Waals surface area contributed by atoms with E-state index in [2.05, 4.69) is 21.9 Å². The largest absolute Gasteiger partial charge is 0.563 e. The highest BCUT2D eigenvalue weighted by Crippen LogP contribution is 2.33. The summed E-state index contributed by atoms with van der Waals surface area (Å²) < 4.78 is 16.4. The molecule has 1 aromatic heterocycles. The Morgan fingerprint density at radius 2 is 2.03 bits per heavy atom. The van der Waals surface area contributed by atoms with Crippen LogP contribution in [0.5, 0.6) is 0 Å². The van der Waals surface area contributed by atoms with Gasteiger partial charge in [0.15, 0.2) is 0 Å². The zero-order chi connectivity index (χ0) is 25.3. The number of carbonyl (C=O) groups excluding carboxylic acids is 2. The maximum absolute atomic E-state index is 13.3. The second-order valence-corrected chi connectivity index (χ2v) is 9.85. The number of aromatic nitrogens is 2. The molecule has 2 amide bonds. The molecule has 2 aliphatic heterocycles. The van der Waals surface area contributed by atoms with Gasteiger partial charge in [0.25, 0.3) is 0 Å². The number of hydrogen-bond acceptors (Lipinski definition) is 6. The highest BCUT2D eigenvalue weighted by molar-refractivity contribution is 6.62. The van der Waals surface area contributed by atoms with Crippen LogP contribution in [0.15, 0.2) is 42.8 Å². The smallest absolute Gasteiger partial charge is 0.534 e. The van der Waals surface area contributed by atoms with Gasteiger partial charge < -0.3 is 29.2 Å². The fourth-order valence-corrected chi connectivity index (χ4v) is 4.43. The summed E-state index contributed by atoms with van der Waals surface area (Å²) in [4.78, 5) is 34.9. The highest BCUT2D eigenvalue weighted by atomic mass is 16.7. The number of methoxy groups -OCH3 is 1. The molecule has 0 bridgehead atoms. The zero-order valence-corrected chi connectivity index (χ0v) is 21.0. The van der Waals surface area contributed by atoms with E-state index >= 15 is 0 Å². The first kappa shape index (κ1) is 24.8. The lowest BCUT2D eigenvalue weighted by molar-refractivity contribution is -0.135. The number of imidazole rings is 1. The maximum Gasteiger partial charge on any atom is 0.563 e. The molecule has 2 aromatic rings. The number of nitrogens with zero attached hydrogens (tertiary/aromatic N) is 2. The molecule has 3 heterocycles. The Labute approximate surface area is 206 Å². The van der Waals surface area contributed by atoms with Gasteiger partial charge in [0.2, 0.25) is 5.91 Å². The Morgan fingerprint density at radius 1 is 1.31 bits per heavy atom. The van der Waals surface area contributed by atoms with Crippen molar-refractivity contribution in [3.05, 3.63) is 48.6 Å². The van der Waals surface area contributed by atoms with Gasteiger partial charge in [-0.1, -0.05) is 44.7 Å². The van der Waals surface area contributed by atoms with Crippen LogP contribution >= 0.6 is 0 Å². The van der Waals surface area contributed by atoms with E-state index in [4.69, 9.17) is 14.0 Å². The second kappa shape index (κ2) is 9.77. The Hall–Kier alpha value is -3.27. The minimum atomic E-state index is -0.661. The van der Waals surface area contributed by atoms with Crippen LogP contribution in [0.3, 0.4) is 0 Å². The number of benzene rings is 1. The van der Waals surface area contributed by atoms with E-state index in [0.717, 1.165) is 35.4 Å². The molecule has 0 aliphatic carbocycles. The average Bonchev–Trinajstić information content (AvgIpc) is 3.56. The third-order valence-electron chi connectivity index (χ3n) is 6.65. The first-order valence-electron chi connectivity index (χ1n) is 11.9. The van der Waals surface area contributed by atoms with E-state index in [0.29, 0.717) is 12.3 Å². The topological polar surface area (TPSA) is 106 Å². The van der Waals surface area contributed by atoms with Crippen LogP contribution in [-0.4, -0.2) is 59.3 Å². The van der Waals surface area contributed by atoms with Gasteiger partial charge >= 0.3 is 13.2 Å². The number of amides is 2. The van der Waals surface area contributed by atoms with Crippen molar-refractivity contribution < 1.29 is 23.6 Å². The SMILES string of the molecule is C=C1OB(c2ccc(-c3cnc([C@@H]4CCCN4C(=O)[C@@H](NC(=O)OC)C(C)C)[nH]3)cc2)OC1(C)C. The van der Waals surface area contributed by atoms with Gasteiger partial charge in [-0.25, -0.2) is 9.78 Å². The van der Waals surface area contributed by atoms with Crippen molar-refractivity contribution in [3.8, 4) is 11.3 Å². The molecule has 186 valence electrons. The molecule has 2 saturated heterocycles. The van der Waals surface area contributed by atoms with E-state index in [9.17, 15) is 9.59 Å². The molecule has 4 rings (SSSR count). The number of likely N-dealkylation sites (tertiary alicyclic amines) is 1. The van der Waals surface area contributed by atoms with Gasteiger partial charge in [-0.15, -0.1) is 0 Å². The minimum absolute atomic E-state index is 0.0795. The standard InChI is InChI=1S/C25H33BN4O5/c1-15(2)21(29-24(32)33-6)23(31)30-13-7-8-20(30)22-27-14-19(28-22)17-9-11-18(12-10-17)26-34-16(3)25(4,5)35-26/h9-12,14-15,20-21H,3,7-8,13H2,1-2,4-6H3,(H,27,28)(H,29,32)/t20-,21-/m0/s1. The number of carbonyl (C=O) groups is 2. The first-order chi connectivity index (χ1) is 16.6. The summed E-state index contributed by atoms with van der Waals surface area (Å²) in [5, 5.41) is 2.67. The molecule has 0 saturated carbocycles. The van der Waals surface area contributed by atoms with E-state index in [1.165, 1.54) is 7.11 Å². The predicted molar refractivity (Wildman–Crippen MR) is 133 cm³/mol.